The molecule has 1 rings (SSSR count). The van der Waals surface area contributed by atoms with Crippen LogP contribution in [-0.4, -0.2) is 38.0 Å². The summed E-state index contributed by atoms with van der Waals surface area (Å²) in [7, 11) is 0. The van der Waals surface area contributed by atoms with Crippen LogP contribution < -0.4 is 0 Å². The molecule has 0 aromatic carbocycles. The van der Waals surface area contributed by atoms with Gasteiger partial charge in [0.05, 0.1) is 13.2 Å². The Morgan fingerprint density at radius 3 is 2.88 bits per heavy atom. The van der Waals surface area contributed by atoms with E-state index in [4.69, 9.17) is 14.2 Å². The molecule has 0 amide bonds. The van der Waals surface area contributed by atoms with E-state index < -0.39 is 0 Å². The van der Waals surface area contributed by atoms with E-state index in [1.54, 1.807) is 0 Å². The maximum absolute atomic E-state index is 10.7. The molecule has 2 atom stereocenters. The van der Waals surface area contributed by atoms with Gasteiger partial charge >= 0.3 is 0 Å². The van der Waals surface area contributed by atoms with Gasteiger partial charge in [-0.15, -0.1) is 0 Å². The first-order valence-corrected chi connectivity index (χ1v) is 6.56. The van der Waals surface area contributed by atoms with Crippen LogP contribution in [-0.2, 0) is 19.0 Å². The monoisotopic (exact) mass is 244 g/mol. The van der Waals surface area contributed by atoms with E-state index in [0.29, 0.717) is 13.2 Å². The molecule has 1 saturated heterocycles. The van der Waals surface area contributed by atoms with Crippen LogP contribution in [0.1, 0.15) is 46.0 Å². The normalized spacial score (nSPS) is 24.1. The lowest BCUT2D eigenvalue weighted by molar-refractivity contribution is -0.123. The summed E-state index contributed by atoms with van der Waals surface area (Å²) in [5.74, 6) is 0.0417. The van der Waals surface area contributed by atoms with Gasteiger partial charge in [0.15, 0.2) is 12.1 Å². The Kier molecular flexibility index (Phi) is 7.40. The minimum atomic E-state index is -0.0715. The molecule has 0 bridgehead atoms. The highest BCUT2D eigenvalue weighted by molar-refractivity contribution is 5.76. The molecule has 100 valence electrons. The van der Waals surface area contributed by atoms with Gasteiger partial charge in [0.2, 0.25) is 0 Å². The first kappa shape index (κ1) is 14.6. The van der Waals surface area contributed by atoms with Gasteiger partial charge in [-0.25, -0.2) is 0 Å². The van der Waals surface area contributed by atoms with Gasteiger partial charge in [0.1, 0.15) is 12.7 Å². The van der Waals surface area contributed by atoms with Crippen LogP contribution in [0.15, 0.2) is 0 Å². The average Bonchev–Trinajstić information content (AvgIpc) is 2.72. The summed E-state index contributed by atoms with van der Waals surface area (Å²) in [6, 6.07) is 0. The lowest BCUT2D eigenvalue weighted by Crippen LogP contribution is -2.20. The Morgan fingerprint density at radius 2 is 2.18 bits per heavy atom. The maximum Gasteiger partial charge on any atom is 0.158 e. The summed E-state index contributed by atoms with van der Waals surface area (Å²) in [6.45, 7) is 4.91. The van der Waals surface area contributed by atoms with Crippen molar-refractivity contribution >= 4 is 5.78 Å². The van der Waals surface area contributed by atoms with Crippen molar-refractivity contribution in [3.63, 3.8) is 0 Å². The zero-order valence-corrected chi connectivity index (χ0v) is 10.9. The number of carbonyl (C=O) groups is 1. The smallest absolute Gasteiger partial charge is 0.158 e. The third kappa shape index (κ3) is 6.76. The van der Waals surface area contributed by atoms with Crippen LogP contribution in [0.4, 0.5) is 0 Å². The molecule has 1 aliphatic heterocycles. The Bertz CT molecular complexity index is 217. The summed E-state index contributed by atoms with van der Waals surface area (Å²) >= 11 is 0. The van der Waals surface area contributed by atoms with Crippen LogP contribution in [0.5, 0.6) is 0 Å². The molecule has 4 nitrogen and oxygen atoms in total. The molecule has 0 unspecified atom stereocenters. The Labute approximate surface area is 104 Å². The number of hydrogen-bond donors (Lipinski definition) is 0. The first-order valence-electron chi connectivity index (χ1n) is 6.56. The van der Waals surface area contributed by atoms with E-state index >= 15 is 0 Å². The Morgan fingerprint density at radius 1 is 1.35 bits per heavy atom. The van der Waals surface area contributed by atoms with Crippen LogP contribution in [0.2, 0.25) is 0 Å². The SMILES string of the molecule is CCCCCC[C@@H]1OC[C@@H](COCC(C)=O)O1. The lowest BCUT2D eigenvalue weighted by Gasteiger charge is -2.11. The average molecular weight is 244 g/mol. The molecule has 4 heteroatoms. The highest BCUT2D eigenvalue weighted by Gasteiger charge is 2.25. The van der Waals surface area contributed by atoms with Crippen molar-refractivity contribution in [3.8, 4) is 0 Å². The van der Waals surface area contributed by atoms with Crippen LogP contribution in [0.25, 0.3) is 0 Å². The van der Waals surface area contributed by atoms with Gasteiger partial charge in [0, 0.05) is 0 Å². The molecule has 1 heterocycles. The van der Waals surface area contributed by atoms with Gasteiger partial charge in [0.25, 0.3) is 0 Å². The van der Waals surface area contributed by atoms with E-state index in [-0.39, 0.29) is 24.8 Å². The summed E-state index contributed by atoms with van der Waals surface area (Å²) in [4.78, 5) is 10.7. The van der Waals surface area contributed by atoms with Crippen molar-refractivity contribution < 1.29 is 19.0 Å². The van der Waals surface area contributed by atoms with E-state index in [1.165, 1.54) is 26.2 Å². The maximum atomic E-state index is 10.7. The van der Waals surface area contributed by atoms with Crippen molar-refractivity contribution in [2.45, 2.75) is 58.3 Å². The second-order valence-electron chi connectivity index (χ2n) is 4.59. The minimum absolute atomic E-state index is 0.00877. The van der Waals surface area contributed by atoms with Crippen molar-refractivity contribution in [1.82, 2.24) is 0 Å². The quantitative estimate of drug-likeness (QED) is 0.584. The molecule has 0 N–H and O–H groups in total. The van der Waals surface area contributed by atoms with Gasteiger partial charge < -0.3 is 14.2 Å². The van der Waals surface area contributed by atoms with Gasteiger partial charge in [-0.3, -0.25) is 4.79 Å². The van der Waals surface area contributed by atoms with Crippen LogP contribution >= 0.6 is 0 Å². The fourth-order valence-corrected chi connectivity index (χ4v) is 1.82. The number of ketones is 1. The number of carbonyl (C=O) groups excluding carboxylic acids is 1. The predicted molar refractivity (Wildman–Crippen MR) is 64.9 cm³/mol. The third-order valence-electron chi connectivity index (χ3n) is 2.71. The zero-order chi connectivity index (χ0) is 12.5. The number of unbranched alkanes of at least 4 members (excludes halogenated alkanes) is 3. The second kappa shape index (κ2) is 8.61. The molecule has 0 aliphatic carbocycles. The number of ether oxygens (including phenoxy) is 3. The fraction of sp³-hybridized carbons (Fsp3) is 0.923. The molecule has 0 aromatic heterocycles. The molecule has 17 heavy (non-hydrogen) atoms. The zero-order valence-electron chi connectivity index (χ0n) is 10.9. The number of Topliss-reactive ketones (excluding diaryl/α,β-unsaturated/α-hetero) is 1. The molecule has 1 aliphatic rings. The fourth-order valence-electron chi connectivity index (χ4n) is 1.82. The first-order chi connectivity index (χ1) is 8.22. The van der Waals surface area contributed by atoms with E-state index in [2.05, 4.69) is 6.92 Å². The molecule has 0 saturated carbocycles. The standard InChI is InChI=1S/C13H24O4/c1-3-4-5-6-7-13-16-10-12(17-13)9-15-8-11(2)14/h12-13H,3-10H2,1-2H3/t12-,13-/m1/s1. The molecule has 0 radical (unpaired) electrons. The van der Waals surface area contributed by atoms with E-state index in [9.17, 15) is 4.79 Å². The lowest BCUT2D eigenvalue weighted by atomic mass is 10.1. The van der Waals surface area contributed by atoms with Crippen molar-refractivity contribution in [3.05, 3.63) is 0 Å². The van der Waals surface area contributed by atoms with Crippen molar-refractivity contribution in [2.24, 2.45) is 0 Å². The largest absolute Gasteiger partial charge is 0.371 e. The van der Waals surface area contributed by atoms with Gasteiger partial charge in [-0.05, 0) is 19.8 Å². The molecular weight excluding hydrogens is 220 g/mol. The molecule has 0 spiro atoms. The third-order valence-corrected chi connectivity index (χ3v) is 2.71. The molecule has 1 fully saturated rings. The summed E-state index contributed by atoms with van der Waals surface area (Å²) in [6.07, 6.45) is 5.79. The summed E-state index contributed by atoms with van der Waals surface area (Å²) in [5, 5.41) is 0. The Balaban J connectivity index is 2.00. The van der Waals surface area contributed by atoms with Gasteiger partial charge in [-0.1, -0.05) is 26.2 Å². The number of hydrogen-bond acceptors (Lipinski definition) is 4. The van der Waals surface area contributed by atoms with E-state index in [0.717, 1.165) is 12.8 Å². The van der Waals surface area contributed by atoms with Gasteiger partial charge in [-0.2, -0.15) is 0 Å². The minimum Gasteiger partial charge on any atom is -0.371 e. The van der Waals surface area contributed by atoms with Crippen LogP contribution in [0.3, 0.4) is 0 Å². The van der Waals surface area contributed by atoms with E-state index in [1.807, 2.05) is 0 Å². The predicted octanol–water partition coefficient (Wildman–Crippen LogP) is 2.30. The highest BCUT2D eigenvalue weighted by atomic mass is 16.7. The molecule has 0 aromatic rings. The summed E-state index contributed by atoms with van der Waals surface area (Å²) < 4.78 is 16.4. The highest BCUT2D eigenvalue weighted by Crippen LogP contribution is 2.17. The van der Waals surface area contributed by atoms with Crippen molar-refractivity contribution in [1.29, 1.82) is 0 Å². The molecular formula is C13H24O4. The Hall–Kier alpha value is -0.450. The number of rotatable bonds is 9. The second-order valence-corrected chi connectivity index (χ2v) is 4.59. The topological polar surface area (TPSA) is 44.8 Å². The summed E-state index contributed by atoms with van der Waals surface area (Å²) in [5.41, 5.74) is 0. The van der Waals surface area contributed by atoms with Crippen LogP contribution in [0, 0.1) is 0 Å². The van der Waals surface area contributed by atoms with Crippen molar-refractivity contribution in [2.75, 3.05) is 19.8 Å².